The van der Waals surface area contributed by atoms with Gasteiger partial charge >= 0.3 is 0 Å². The highest BCUT2D eigenvalue weighted by molar-refractivity contribution is 7.13. The van der Waals surface area contributed by atoms with E-state index in [4.69, 9.17) is 0 Å². The first kappa shape index (κ1) is 10.4. The van der Waals surface area contributed by atoms with Crippen molar-refractivity contribution in [3.8, 4) is 10.6 Å². The maximum atomic E-state index is 9.38. The summed E-state index contributed by atoms with van der Waals surface area (Å²) in [6.45, 7) is 4.22. The molecule has 2 aromatic rings. The van der Waals surface area contributed by atoms with Crippen LogP contribution in [-0.2, 0) is 6.61 Å². The fraction of sp³-hybridized carbons (Fsp3) is 0.364. The molecule has 0 atom stereocenters. The number of aliphatic hydroxyl groups is 1. The van der Waals surface area contributed by atoms with Crippen molar-refractivity contribution in [3.05, 3.63) is 28.8 Å². The lowest BCUT2D eigenvalue weighted by atomic mass is 10.0. The average molecular weight is 222 g/mol. The van der Waals surface area contributed by atoms with Crippen LogP contribution in [0.5, 0.6) is 0 Å². The van der Waals surface area contributed by atoms with E-state index in [0.29, 0.717) is 5.92 Å². The molecule has 0 aromatic carbocycles. The van der Waals surface area contributed by atoms with Gasteiger partial charge in [-0.2, -0.15) is 5.10 Å². The maximum absolute atomic E-state index is 9.38. The van der Waals surface area contributed by atoms with E-state index in [2.05, 4.69) is 24.0 Å². The number of hydrogen-bond acceptors (Lipinski definition) is 3. The Hall–Kier alpha value is -1.13. The zero-order valence-electron chi connectivity index (χ0n) is 8.82. The van der Waals surface area contributed by atoms with E-state index in [0.717, 1.165) is 21.8 Å². The predicted molar refractivity (Wildman–Crippen MR) is 61.9 cm³/mol. The Kier molecular flexibility index (Phi) is 2.88. The smallest absolute Gasteiger partial charge is 0.108 e. The van der Waals surface area contributed by atoms with Gasteiger partial charge in [0.1, 0.15) is 5.69 Å². The lowest BCUT2D eigenvalue weighted by molar-refractivity contribution is 0.281. The Morgan fingerprint density at radius 1 is 1.53 bits per heavy atom. The highest BCUT2D eigenvalue weighted by Gasteiger charge is 2.16. The first-order chi connectivity index (χ1) is 7.24. The molecule has 0 radical (unpaired) electrons. The van der Waals surface area contributed by atoms with E-state index in [1.807, 2.05) is 17.5 Å². The van der Waals surface area contributed by atoms with Crippen LogP contribution < -0.4 is 0 Å². The molecule has 0 bridgehead atoms. The molecule has 0 aliphatic rings. The van der Waals surface area contributed by atoms with Crippen LogP contribution in [0, 0.1) is 0 Å². The van der Waals surface area contributed by atoms with Crippen LogP contribution in [-0.4, -0.2) is 15.3 Å². The molecule has 2 heterocycles. The molecule has 15 heavy (non-hydrogen) atoms. The molecule has 0 amide bonds. The summed E-state index contributed by atoms with van der Waals surface area (Å²) in [5, 5.41) is 18.7. The van der Waals surface area contributed by atoms with Crippen molar-refractivity contribution in [2.75, 3.05) is 0 Å². The van der Waals surface area contributed by atoms with Crippen molar-refractivity contribution >= 4 is 11.3 Å². The molecule has 0 saturated heterocycles. The highest BCUT2D eigenvalue weighted by Crippen LogP contribution is 2.30. The van der Waals surface area contributed by atoms with Crippen LogP contribution in [0.3, 0.4) is 0 Å². The normalized spacial score (nSPS) is 11.2. The topological polar surface area (TPSA) is 48.9 Å². The zero-order valence-corrected chi connectivity index (χ0v) is 9.64. The maximum Gasteiger partial charge on any atom is 0.108 e. The summed E-state index contributed by atoms with van der Waals surface area (Å²) < 4.78 is 0. The van der Waals surface area contributed by atoms with Crippen LogP contribution in [0.25, 0.3) is 10.6 Å². The molecule has 4 heteroatoms. The third-order valence-electron chi connectivity index (χ3n) is 2.39. The van der Waals surface area contributed by atoms with Crippen molar-refractivity contribution in [1.29, 1.82) is 0 Å². The van der Waals surface area contributed by atoms with Gasteiger partial charge in [0.15, 0.2) is 0 Å². The van der Waals surface area contributed by atoms with Crippen LogP contribution in [0.15, 0.2) is 17.5 Å². The zero-order chi connectivity index (χ0) is 10.8. The number of aliphatic hydroxyl groups excluding tert-OH is 1. The molecule has 0 aliphatic heterocycles. The minimum absolute atomic E-state index is 0.0389. The number of H-pyrrole nitrogens is 1. The standard InChI is InChI=1S/C11H14N2OS/c1-7(2)10-8(6-14)11(13-12-10)9-4-3-5-15-9/h3-5,7,14H,6H2,1-2H3,(H,12,13). The molecule has 2 aromatic heterocycles. The summed E-state index contributed by atoms with van der Waals surface area (Å²) in [6, 6.07) is 4.01. The van der Waals surface area contributed by atoms with Gasteiger partial charge in [-0.1, -0.05) is 19.9 Å². The Bertz CT molecular complexity index is 431. The van der Waals surface area contributed by atoms with Crippen LogP contribution >= 0.6 is 11.3 Å². The number of thiophene rings is 1. The van der Waals surface area contributed by atoms with Gasteiger partial charge in [-0.15, -0.1) is 11.3 Å². The van der Waals surface area contributed by atoms with Crippen LogP contribution in [0.2, 0.25) is 0 Å². The van der Waals surface area contributed by atoms with E-state index in [1.165, 1.54) is 0 Å². The largest absolute Gasteiger partial charge is 0.392 e. The van der Waals surface area contributed by atoms with Crippen molar-refractivity contribution in [2.45, 2.75) is 26.4 Å². The second kappa shape index (κ2) is 4.16. The van der Waals surface area contributed by atoms with Crippen LogP contribution in [0.4, 0.5) is 0 Å². The SMILES string of the molecule is CC(C)c1[nH]nc(-c2cccs2)c1CO. The number of aromatic amines is 1. The molecule has 0 unspecified atom stereocenters. The van der Waals surface area contributed by atoms with E-state index < -0.39 is 0 Å². The summed E-state index contributed by atoms with van der Waals surface area (Å²) in [6.07, 6.45) is 0. The second-order valence-corrected chi connectivity index (χ2v) is 4.70. The predicted octanol–water partition coefficient (Wildman–Crippen LogP) is 2.75. The van der Waals surface area contributed by atoms with Gasteiger partial charge in [0.2, 0.25) is 0 Å². The van der Waals surface area contributed by atoms with E-state index in [1.54, 1.807) is 11.3 Å². The molecule has 0 spiro atoms. The summed E-state index contributed by atoms with van der Waals surface area (Å²) in [7, 11) is 0. The molecule has 0 aliphatic carbocycles. The third-order valence-corrected chi connectivity index (χ3v) is 3.27. The van der Waals surface area contributed by atoms with E-state index in [-0.39, 0.29) is 6.61 Å². The number of nitrogens with zero attached hydrogens (tertiary/aromatic N) is 1. The van der Waals surface area contributed by atoms with Crippen molar-refractivity contribution in [1.82, 2.24) is 10.2 Å². The number of hydrogen-bond donors (Lipinski definition) is 2. The van der Waals surface area contributed by atoms with Gasteiger partial charge in [0.05, 0.1) is 11.5 Å². The van der Waals surface area contributed by atoms with Gasteiger partial charge in [-0.05, 0) is 17.4 Å². The number of aromatic nitrogens is 2. The molecule has 80 valence electrons. The second-order valence-electron chi connectivity index (χ2n) is 3.75. The summed E-state index contributed by atoms with van der Waals surface area (Å²) in [4.78, 5) is 1.10. The van der Waals surface area contributed by atoms with Crippen molar-refractivity contribution < 1.29 is 5.11 Å². The molecular formula is C11H14N2OS. The number of rotatable bonds is 3. The van der Waals surface area contributed by atoms with Gasteiger partial charge < -0.3 is 5.11 Å². The Morgan fingerprint density at radius 2 is 2.33 bits per heavy atom. The average Bonchev–Trinajstić information content (AvgIpc) is 2.85. The molecule has 0 saturated carbocycles. The fourth-order valence-electron chi connectivity index (χ4n) is 1.63. The van der Waals surface area contributed by atoms with E-state index >= 15 is 0 Å². The summed E-state index contributed by atoms with van der Waals surface area (Å²) in [5.41, 5.74) is 2.84. The van der Waals surface area contributed by atoms with Crippen molar-refractivity contribution in [3.63, 3.8) is 0 Å². The third kappa shape index (κ3) is 1.82. The van der Waals surface area contributed by atoms with Gasteiger partial charge in [0, 0.05) is 11.3 Å². The Balaban J connectivity index is 2.49. The summed E-state index contributed by atoms with van der Waals surface area (Å²) >= 11 is 1.64. The fourth-order valence-corrected chi connectivity index (χ4v) is 2.37. The lowest BCUT2D eigenvalue weighted by Crippen LogP contribution is -1.94. The first-order valence-electron chi connectivity index (χ1n) is 4.96. The van der Waals surface area contributed by atoms with Gasteiger partial charge in [-0.3, -0.25) is 5.10 Å². The molecule has 2 rings (SSSR count). The lowest BCUT2D eigenvalue weighted by Gasteiger charge is -2.04. The minimum Gasteiger partial charge on any atom is -0.392 e. The number of nitrogens with one attached hydrogen (secondary N) is 1. The molecule has 2 N–H and O–H groups in total. The minimum atomic E-state index is 0.0389. The quantitative estimate of drug-likeness (QED) is 0.839. The van der Waals surface area contributed by atoms with Crippen LogP contribution in [0.1, 0.15) is 31.0 Å². The molecule has 3 nitrogen and oxygen atoms in total. The molecule has 0 fully saturated rings. The monoisotopic (exact) mass is 222 g/mol. The van der Waals surface area contributed by atoms with Gasteiger partial charge in [0.25, 0.3) is 0 Å². The first-order valence-corrected chi connectivity index (χ1v) is 5.84. The van der Waals surface area contributed by atoms with E-state index in [9.17, 15) is 5.11 Å². The Labute approximate surface area is 92.8 Å². The van der Waals surface area contributed by atoms with Crippen molar-refractivity contribution in [2.24, 2.45) is 0 Å². The summed E-state index contributed by atoms with van der Waals surface area (Å²) in [5.74, 6) is 0.355. The highest BCUT2D eigenvalue weighted by atomic mass is 32.1. The Morgan fingerprint density at radius 3 is 2.87 bits per heavy atom. The van der Waals surface area contributed by atoms with Gasteiger partial charge in [-0.25, -0.2) is 0 Å². The molecular weight excluding hydrogens is 208 g/mol.